The van der Waals surface area contributed by atoms with Gasteiger partial charge < -0.3 is 5.11 Å². The number of benzene rings is 4. The SMILES string of the molecule is CC(C)c1cccc(C(C)C)c1-n1c(-c2nc(C(C)(C)C)cc(C(C)(C)C)c2O)nc2c(-c3cccc(-c4cc(-c5ccc(-c6ccccc6)cc5)ccn4)c3)ccnc21. The number of fused-ring (bicyclic) bond motifs is 1. The Morgan fingerprint density at radius 1 is 0.533 bits per heavy atom. The molecule has 1 N–H and O–H groups in total. The highest BCUT2D eigenvalue weighted by Crippen LogP contribution is 2.44. The van der Waals surface area contributed by atoms with Crippen LogP contribution in [0, 0.1) is 0 Å². The maximum absolute atomic E-state index is 12.3. The first-order chi connectivity index (χ1) is 28.6. The molecule has 0 unspecified atom stereocenters. The summed E-state index contributed by atoms with van der Waals surface area (Å²) in [5, 5.41) is 12.3. The maximum Gasteiger partial charge on any atom is 0.169 e. The molecule has 6 nitrogen and oxygen atoms in total. The van der Waals surface area contributed by atoms with Gasteiger partial charge in [0.05, 0.1) is 11.4 Å². The highest BCUT2D eigenvalue weighted by molar-refractivity contribution is 5.94. The molecule has 4 heterocycles. The molecule has 302 valence electrons. The van der Waals surface area contributed by atoms with Gasteiger partial charge in [0, 0.05) is 40.2 Å². The van der Waals surface area contributed by atoms with Crippen molar-refractivity contribution in [1.29, 1.82) is 0 Å². The summed E-state index contributed by atoms with van der Waals surface area (Å²) >= 11 is 0. The van der Waals surface area contributed by atoms with E-state index in [-0.39, 0.29) is 28.4 Å². The zero-order chi connectivity index (χ0) is 42.5. The fourth-order valence-corrected chi connectivity index (χ4v) is 8.10. The van der Waals surface area contributed by atoms with Gasteiger partial charge in [0.15, 0.2) is 11.5 Å². The Kier molecular flexibility index (Phi) is 10.5. The van der Waals surface area contributed by atoms with Crippen molar-refractivity contribution in [3.63, 3.8) is 0 Å². The highest BCUT2D eigenvalue weighted by atomic mass is 16.3. The quantitative estimate of drug-likeness (QED) is 0.166. The second-order valence-corrected chi connectivity index (χ2v) is 18.6. The fourth-order valence-electron chi connectivity index (χ4n) is 8.10. The third-order valence-corrected chi connectivity index (χ3v) is 11.4. The lowest BCUT2D eigenvalue weighted by atomic mass is 9.82. The first-order valence-corrected chi connectivity index (χ1v) is 21.1. The number of para-hydroxylation sites is 1. The standard InChI is InChI=1S/C54H55N5O/c1-33(2)41-20-15-21-42(34(3)4)49(41)59-51-47(58-52(59)48-50(60)44(53(5,6)7)32-46(57-48)54(8,9)10)43(27-29-56-51)39-18-14-19-40(30-39)45-31-38(26-28-55-45)37-24-22-36(23-25-37)35-16-12-11-13-17-35/h11-34,60H,1-10H3. The lowest BCUT2D eigenvalue weighted by Crippen LogP contribution is -2.19. The zero-order valence-corrected chi connectivity index (χ0v) is 36.5. The summed E-state index contributed by atoms with van der Waals surface area (Å²) in [6, 6.07) is 42.5. The van der Waals surface area contributed by atoms with E-state index in [0.717, 1.165) is 56.0 Å². The molecule has 0 bridgehead atoms. The lowest BCUT2D eigenvalue weighted by molar-refractivity contribution is 0.441. The van der Waals surface area contributed by atoms with E-state index in [4.69, 9.17) is 19.9 Å². The van der Waals surface area contributed by atoms with E-state index in [1.54, 1.807) is 0 Å². The molecule has 4 aromatic heterocycles. The predicted molar refractivity (Wildman–Crippen MR) is 249 cm³/mol. The number of pyridine rings is 3. The Bertz CT molecular complexity index is 2810. The average Bonchev–Trinajstić information content (AvgIpc) is 3.62. The van der Waals surface area contributed by atoms with Crippen LogP contribution in [0.15, 0.2) is 134 Å². The number of rotatable bonds is 8. The molecule has 0 amide bonds. The lowest BCUT2D eigenvalue weighted by Gasteiger charge is -2.27. The van der Waals surface area contributed by atoms with Crippen molar-refractivity contribution in [3.05, 3.63) is 156 Å². The van der Waals surface area contributed by atoms with Crippen molar-refractivity contribution in [1.82, 2.24) is 24.5 Å². The summed E-state index contributed by atoms with van der Waals surface area (Å²) in [5.74, 6) is 1.13. The van der Waals surface area contributed by atoms with E-state index in [0.29, 0.717) is 17.2 Å². The third-order valence-electron chi connectivity index (χ3n) is 11.4. The summed E-state index contributed by atoms with van der Waals surface area (Å²) in [5.41, 5.74) is 14.8. The molecule has 0 saturated heterocycles. The molecule has 0 fully saturated rings. The van der Waals surface area contributed by atoms with Crippen LogP contribution in [0.2, 0.25) is 0 Å². The summed E-state index contributed by atoms with van der Waals surface area (Å²) in [6.07, 6.45) is 3.76. The predicted octanol–water partition coefficient (Wildman–Crippen LogP) is 14.1. The number of nitrogens with zero attached hydrogens (tertiary/aromatic N) is 5. The van der Waals surface area contributed by atoms with Gasteiger partial charge in [-0.25, -0.2) is 15.0 Å². The van der Waals surface area contributed by atoms with E-state index < -0.39 is 0 Å². The molecular weight excluding hydrogens is 735 g/mol. The van der Waals surface area contributed by atoms with Crippen molar-refractivity contribution < 1.29 is 5.11 Å². The molecule has 60 heavy (non-hydrogen) atoms. The largest absolute Gasteiger partial charge is 0.505 e. The summed E-state index contributed by atoms with van der Waals surface area (Å²) in [6.45, 7) is 21.8. The molecule has 8 aromatic rings. The van der Waals surface area contributed by atoms with Gasteiger partial charge in [0.2, 0.25) is 0 Å². The first-order valence-electron chi connectivity index (χ1n) is 21.1. The summed E-state index contributed by atoms with van der Waals surface area (Å²) in [4.78, 5) is 20.7. The van der Waals surface area contributed by atoms with Crippen molar-refractivity contribution in [2.75, 3.05) is 0 Å². The van der Waals surface area contributed by atoms with Crippen LogP contribution in [0.1, 0.15) is 103 Å². The number of aromatic hydroxyl groups is 1. The minimum absolute atomic E-state index is 0.143. The summed E-state index contributed by atoms with van der Waals surface area (Å²) in [7, 11) is 0. The number of hydrogen-bond donors (Lipinski definition) is 1. The molecule has 8 rings (SSSR count). The zero-order valence-electron chi connectivity index (χ0n) is 36.5. The van der Waals surface area contributed by atoms with Gasteiger partial charge in [0.1, 0.15) is 17.0 Å². The van der Waals surface area contributed by atoms with Crippen LogP contribution in [0.3, 0.4) is 0 Å². The molecule has 0 aliphatic carbocycles. The molecule has 0 aliphatic heterocycles. The van der Waals surface area contributed by atoms with Gasteiger partial charge in [-0.2, -0.15) is 0 Å². The van der Waals surface area contributed by atoms with Gasteiger partial charge in [-0.15, -0.1) is 0 Å². The Labute approximate surface area is 355 Å². The van der Waals surface area contributed by atoms with Gasteiger partial charge in [-0.3, -0.25) is 9.55 Å². The second-order valence-electron chi connectivity index (χ2n) is 18.6. The van der Waals surface area contributed by atoms with E-state index in [1.165, 1.54) is 22.3 Å². The van der Waals surface area contributed by atoms with Crippen LogP contribution < -0.4 is 0 Å². The van der Waals surface area contributed by atoms with Crippen LogP contribution in [-0.4, -0.2) is 29.6 Å². The monoisotopic (exact) mass is 789 g/mol. The Morgan fingerprint density at radius 3 is 1.75 bits per heavy atom. The summed E-state index contributed by atoms with van der Waals surface area (Å²) < 4.78 is 2.17. The van der Waals surface area contributed by atoms with Crippen molar-refractivity contribution >= 4 is 11.2 Å². The normalized spacial score (nSPS) is 12.2. The maximum atomic E-state index is 12.3. The minimum atomic E-state index is -0.349. The van der Waals surface area contributed by atoms with Crippen molar-refractivity contribution in [2.45, 2.75) is 91.9 Å². The number of hydrogen-bond acceptors (Lipinski definition) is 5. The Balaban J connectivity index is 1.33. The smallest absolute Gasteiger partial charge is 0.169 e. The minimum Gasteiger partial charge on any atom is -0.505 e. The number of aromatic nitrogens is 5. The number of imidazole rings is 1. The van der Waals surface area contributed by atoms with Crippen LogP contribution in [0.4, 0.5) is 0 Å². The molecule has 0 radical (unpaired) electrons. The first kappa shape index (κ1) is 40.4. The molecule has 6 heteroatoms. The molecule has 4 aromatic carbocycles. The fraction of sp³-hybridized carbons (Fsp3) is 0.259. The molecule has 0 aliphatic rings. The van der Waals surface area contributed by atoms with Gasteiger partial charge in [-0.1, -0.05) is 160 Å². The van der Waals surface area contributed by atoms with Crippen LogP contribution >= 0.6 is 0 Å². The average molecular weight is 790 g/mol. The Hall–Kier alpha value is -6.40. The topological polar surface area (TPSA) is 76.7 Å². The van der Waals surface area contributed by atoms with E-state index in [2.05, 4.69) is 183 Å². The van der Waals surface area contributed by atoms with Crippen molar-refractivity contribution in [3.8, 4) is 67.6 Å². The van der Waals surface area contributed by atoms with Crippen LogP contribution in [-0.2, 0) is 10.8 Å². The van der Waals surface area contributed by atoms with E-state index in [9.17, 15) is 5.11 Å². The van der Waals surface area contributed by atoms with E-state index in [1.807, 2.05) is 24.5 Å². The van der Waals surface area contributed by atoms with Gasteiger partial charge in [0.25, 0.3) is 0 Å². The van der Waals surface area contributed by atoms with Crippen LogP contribution in [0.5, 0.6) is 5.75 Å². The van der Waals surface area contributed by atoms with Crippen molar-refractivity contribution in [2.24, 2.45) is 0 Å². The third kappa shape index (κ3) is 7.63. The highest BCUT2D eigenvalue weighted by Gasteiger charge is 2.31. The molecule has 0 spiro atoms. The van der Waals surface area contributed by atoms with Crippen LogP contribution in [0.25, 0.3) is 73.0 Å². The molecule has 0 atom stereocenters. The molecular formula is C54H55N5O. The second kappa shape index (κ2) is 15.6. The Morgan fingerprint density at radius 2 is 1.12 bits per heavy atom. The van der Waals surface area contributed by atoms with E-state index >= 15 is 0 Å². The van der Waals surface area contributed by atoms with Gasteiger partial charge >= 0.3 is 0 Å². The van der Waals surface area contributed by atoms with Gasteiger partial charge in [-0.05, 0) is 86.5 Å². The molecule has 0 saturated carbocycles.